The number of nitrogens with zero attached hydrogens (tertiary/aromatic N) is 2. The summed E-state index contributed by atoms with van der Waals surface area (Å²) < 4.78 is 18.5. The van der Waals surface area contributed by atoms with Gasteiger partial charge in [-0.2, -0.15) is 0 Å². The zero-order chi connectivity index (χ0) is 13.0. The standard InChI is InChI=1S/C12H13FN4O/c1-8-4-10(2-3-11(8)13)18-7-9-5-16-12(17-14)6-15-9/h2-6H,7,14H2,1H3,(H,16,17). The molecular weight excluding hydrogens is 235 g/mol. The Hall–Kier alpha value is -2.21. The summed E-state index contributed by atoms with van der Waals surface area (Å²) in [6.07, 6.45) is 3.07. The zero-order valence-corrected chi connectivity index (χ0v) is 9.85. The van der Waals surface area contributed by atoms with Crippen LogP contribution in [0.5, 0.6) is 5.75 Å². The third-order valence-corrected chi connectivity index (χ3v) is 2.37. The SMILES string of the molecule is Cc1cc(OCc2cnc(NN)cn2)ccc1F. The van der Waals surface area contributed by atoms with Crippen LogP contribution in [0.25, 0.3) is 0 Å². The van der Waals surface area contributed by atoms with Crippen molar-refractivity contribution in [1.29, 1.82) is 0 Å². The van der Waals surface area contributed by atoms with Crippen LogP contribution in [-0.4, -0.2) is 9.97 Å². The molecule has 94 valence electrons. The van der Waals surface area contributed by atoms with Gasteiger partial charge in [-0.3, -0.25) is 4.98 Å². The van der Waals surface area contributed by atoms with E-state index < -0.39 is 0 Å². The van der Waals surface area contributed by atoms with E-state index in [1.54, 1.807) is 25.3 Å². The second kappa shape index (κ2) is 5.42. The number of hydrogen-bond donors (Lipinski definition) is 2. The zero-order valence-electron chi connectivity index (χ0n) is 9.85. The molecule has 1 aromatic carbocycles. The molecule has 0 atom stereocenters. The van der Waals surface area contributed by atoms with E-state index in [1.807, 2.05) is 0 Å². The van der Waals surface area contributed by atoms with Crippen LogP contribution in [0.4, 0.5) is 10.2 Å². The number of nitrogens with two attached hydrogens (primary N) is 1. The highest BCUT2D eigenvalue weighted by Gasteiger charge is 2.01. The van der Waals surface area contributed by atoms with Crippen LogP contribution in [0.2, 0.25) is 0 Å². The van der Waals surface area contributed by atoms with E-state index in [-0.39, 0.29) is 12.4 Å². The molecule has 0 fully saturated rings. The predicted molar refractivity (Wildman–Crippen MR) is 65.3 cm³/mol. The smallest absolute Gasteiger partial charge is 0.158 e. The van der Waals surface area contributed by atoms with Crippen molar-refractivity contribution in [1.82, 2.24) is 9.97 Å². The molecule has 1 heterocycles. The van der Waals surface area contributed by atoms with Gasteiger partial charge in [-0.15, -0.1) is 0 Å². The van der Waals surface area contributed by atoms with E-state index in [4.69, 9.17) is 10.6 Å². The maximum absolute atomic E-state index is 13.0. The highest BCUT2D eigenvalue weighted by Crippen LogP contribution is 2.16. The lowest BCUT2D eigenvalue weighted by Gasteiger charge is -2.07. The predicted octanol–water partition coefficient (Wildman–Crippen LogP) is 1.79. The summed E-state index contributed by atoms with van der Waals surface area (Å²) in [5, 5.41) is 0. The van der Waals surface area contributed by atoms with E-state index in [1.165, 1.54) is 12.3 Å². The number of benzene rings is 1. The normalized spacial score (nSPS) is 10.2. The first kappa shape index (κ1) is 12.3. The quantitative estimate of drug-likeness (QED) is 0.637. The Morgan fingerprint density at radius 3 is 2.78 bits per heavy atom. The van der Waals surface area contributed by atoms with Gasteiger partial charge in [0.05, 0.1) is 18.1 Å². The second-order valence-corrected chi connectivity index (χ2v) is 3.74. The van der Waals surface area contributed by atoms with Gasteiger partial charge in [0.1, 0.15) is 18.2 Å². The average molecular weight is 248 g/mol. The molecular formula is C12H13FN4O. The second-order valence-electron chi connectivity index (χ2n) is 3.74. The van der Waals surface area contributed by atoms with Crippen LogP contribution in [0.1, 0.15) is 11.3 Å². The molecule has 2 rings (SSSR count). The van der Waals surface area contributed by atoms with E-state index in [0.717, 1.165) is 0 Å². The lowest BCUT2D eigenvalue weighted by Crippen LogP contribution is -2.09. The van der Waals surface area contributed by atoms with Crippen LogP contribution in [0.3, 0.4) is 0 Å². The molecule has 6 heteroatoms. The Labute approximate surface area is 104 Å². The van der Waals surface area contributed by atoms with Crippen LogP contribution in [0, 0.1) is 12.7 Å². The molecule has 3 N–H and O–H groups in total. The summed E-state index contributed by atoms with van der Waals surface area (Å²) in [6, 6.07) is 4.59. The summed E-state index contributed by atoms with van der Waals surface area (Å²) in [4.78, 5) is 8.10. The number of nitrogen functional groups attached to an aromatic ring is 1. The van der Waals surface area contributed by atoms with Crippen molar-refractivity contribution in [3.8, 4) is 5.75 Å². The number of rotatable bonds is 4. The summed E-state index contributed by atoms with van der Waals surface area (Å²) in [5.74, 6) is 6.00. The first-order chi connectivity index (χ1) is 8.69. The van der Waals surface area contributed by atoms with Gasteiger partial charge in [-0.1, -0.05) is 0 Å². The molecule has 0 saturated heterocycles. The minimum Gasteiger partial charge on any atom is -0.487 e. The van der Waals surface area contributed by atoms with E-state index in [2.05, 4.69) is 15.4 Å². The van der Waals surface area contributed by atoms with Crippen molar-refractivity contribution in [2.75, 3.05) is 5.43 Å². The van der Waals surface area contributed by atoms with Gasteiger partial charge < -0.3 is 10.2 Å². The van der Waals surface area contributed by atoms with Crippen LogP contribution in [-0.2, 0) is 6.61 Å². The number of nitrogens with one attached hydrogen (secondary N) is 1. The summed E-state index contributed by atoms with van der Waals surface area (Å²) in [6.45, 7) is 1.95. The highest BCUT2D eigenvalue weighted by atomic mass is 19.1. The maximum atomic E-state index is 13.0. The molecule has 0 aliphatic heterocycles. The van der Waals surface area contributed by atoms with Crippen molar-refractivity contribution in [3.05, 3.63) is 47.7 Å². The lowest BCUT2D eigenvalue weighted by atomic mass is 10.2. The summed E-state index contributed by atoms with van der Waals surface area (Å²) in [5.41, 5.74) is 3.59. The number of anilines is 1. The fourth-order valence-electron chi connectivity index (χ4n) is 1.37. The number of hydrogen-bond acceptors (Lipinski definition) is 5. The third-order valence-electron chi connectivity index (χ3n) is 2.37. The molecule has 0 amide bonds. The van der Waals surface area contributed by atoms with Crippen molar-refractivity contribution >= 4 is 5.82 Å². The molecule has 0 unspecified atom stereocenters. The van der Waals surface area contributed by atoms with Crippen LogP contribution < -0.4 is 16.0 Å². The summed E-state index contributed by atoms with van der Waals surface area (Å²) >= 11 is 0. The van der Waals surface area contributed by atoms with E-state index in [9.17, 15) is 4.39 Å². The number of ether oxygens (including phenoxy) is 1. The third kappa shape index (κ3) is 2.92. The van der Waals surface area contributed by atoms with Gasteiger partial charge in [-0.05, 0) is 30.7 Å². The first-order valence-electron chi connectivity index (χ1n) is 5.35. The summed E-state index contributed by atoms with van der Waals surface area (Å²) in [7, 11) is 0. The Morgan fingerprint density at radius 1 is 1.33 bits per heavy atom. The number of halogens is 1. The number of aryl methyl sites for hydroxylation is 1. The molecule has 0 aliphatic rings. The molecule has 5 nitrogen and oxygen atoms in total. The van der Waals surface area contributed by atoms with E-state index in [0.29, 0.717) is 22.8 Å². The van der Waals surface area contributed by atoms with Gasteiger partial charge >= 0.3 is 0 Å². The molecule has 0 saturated carbocycles. The van der Waals surface area contributed by atoms with Crippen LogP contribution in [0.15, 0.2) is 30.6 Å². The van der Waals surface area contributed by atoms with Gasteiger partial charge in [-0.25, -0.2) is 15.2 Å². The highest BCUT2D eigenvalue weighted by molar-refractivity contribution is 5.30. The Balaban J connectivity index is 1.99. The average Bonchev–Trinajstić information content (AvgIpc) is 2.41. The fourth-order valence-corrected chi connectivity index (χ4v) is 1.37. The maximum Gasteiger partial charge on any atom is 0.158 e. The molecule has 1 aromatic heterocycles. The Kier molecular flexibility index (Phi) is 3.69. The largest absolute Gasteiger partial charge is 0.487 e. The molecule has 0 aliphatic carbocycles. The van der Waals surface area contributed by atoms with Gasteiger partial charge in [0.15, 0.2) is 5.82 Å². The van der Waals surface area contributed by atoms with Crippen molar-refractivity contribution in [2.45, 2.75) is 13.5 Å². The molecule has 0 spiro atoms. The minimum atomic E-state index is -0.250. The van der Waals surface area contributed by atoms with Gasteiger partial charge in [0.2, 0.25) is 0 Å². The van der Waals surface area contributed by atoms with Gasteiger partial charge in [0.25, 0.3) is 0 Å². The van der Waals surface area contributed by atoms with Gasteiger partial charge in [0, 0.05) is 0 Å². The number of hydrazine groups is 1. The lowest BCUT2D eigenvalue weighted by molar-refractivity contribution is 0.300. The Morgan fingerprint density at radius 2 is 2.17 bits per heavy atom. The van der Waals surface area contributed by atoms with Crippen molar-refractivity contribution in [2.24, 2.45) is 5.84 Å². The fraction of sp³-hybridized carbons (Fsp3) is 0.167. The van der Waals surface area contributed by atoms with E-state index >= 15 is 0 Å². The molecule has 0 bridgehead atoms. The topological polar surface area (TPSA) is 73.1 Å². The molecule has 18 heavy (non-hydrogen) atoms. The molecule has 2 aromatic rings. The van der Waals surface area contributed by atoms with Crippen molar-refractivity contribution in [3.63, 3.8) is 0 Å². The Bertz CT molecular complexity index is 530. The minimum absolute atomic E-state index is 0.250. The first-order valence-corrected chi connectivity index (χ1v) is 5.35. The van der Waals surface area contributed by atoms with Crippen molar-refractivity contribution < 1.29 is 9.13 Å². The van der Waals surface area contributed by atoms with Crippen LogP contribution >= 0.6 is 0 Å². The monoisotopic (exact) mass is 248 g/mol. The molecule has 0 radical (unpaired) electrons. The number of aromatic nitrogens is 2.